The smallest absolute Gasteiger partial charge is 0.259 e. The largest absolute Gasteiger partial charge is 0.483 e. The molecule has 0 bridgehead atoms. The fourth-order valence-electron chi connectivity index (χ4n) is 2.68. The number of rotatable bonds is 7. The van der Waals surface area contributed by atoms with Crippen molar-refractivity contribution in [2.45, 2.75) is 20.0 Å². The van der Waals surface area contributed by atoms with E-state index < -0.39 is 31.2 Å². The van der Waals surface area contributed by atoms with Gasteiger partial charge in [0, 0.05) is 6.07 Å². The molecule has 0 atom stereocenters. The number of thiophene rings is 1. The zero-order valence-corrected chi connectivity index (χ0v) is 15.9. The van der Waals surface area contributed by atoms with Crippen LogP contribution in [-0.2, 0) is 0 Å². The van der Waals surface area contributed by atoms with Crippen molar-refractivity contribution in [2.75, 3.05) is 18.7 Å². The number of primary amides is 1. The molecule has 2 aromatic heterocycles. The number of aromatic nitrogens is 2. The van der Waals surface area contributed by atoms with E-state index in [1.165, 1.54) is 12.1 Å². The number of alkyl halides is 2. The van der Waals surface area contributed by atoms with Gasteiger partial charge in [0.1, 0.15) is 41.4 Å². The monoisotopic (exact) mass is 410 g/mol. The number of ether oxygens (including phenoxy) is 1. The highest BCUT2D eigenvalue weighted by Gasteiger charge is 2.20. The van der Waals surface area contributed by atoms with Gasteiger partial charge in [-0.05, 0) is 31.5 Å². The highest BCUT2D eigenvalue weighted by Crippen LogP contribution is 2.37. The number of aryl methyl sites for hydroxylation is 2. The van der Waals surface area contributed by atoms with Gasteiger partial charge in [0.2, 0.25) is 0 Å². The Hall–Kier alpha value is -2.88. The van der Waals surface area contributed by atoms with Crippen molar-refractivity contribution in [1.29, 1.82) is 0 Å². The van der Waals surface area contributed by atoms with E-state index >= 15 is 0 Å². The van der Waals surface area contributed by atoms with Crippen molar-refractivity contribution < 1.29 is 22.7 Å². The van der Waals surface area contributed by atoms with Gasteiger partial charge in [-0.1, -0.05) is 0 Å². The molecule has 3 N–H and O–H groups in total. The third-order valence-corrected chi connectivity index (χ3v) is 5.16. The lowest BCUT2D eigenvalue weighted by molar-refractivity contribution is 0.100. The number of benzene rings is 1. The van der Waals surface area contributed by atoms with E-state index in [-0.39, 0.29) is 11.4 Å². The Balaban J connectivity index is 2.09. The lowest BCUT2D eigenvalue weighted by atomic mass is 10.2. The number of carbonyl (C=O) groups is 1. The Morgan fingerprint density at radius 1 is 1.29 bits per heavy atom. The highest BCUT2D eigenvalue weighted by molar-refractivity contribution is 7.20. The normalized spacial score (nSPS) is 11.2. The van der Waals surface area contributed by atoms with Crippen molar-refractivity contribution in [2.24, 2.45) is 5.73 Å². The first-order valence-electron chi connectivity index (χ1n) is 8.26. The van der Waals surface area contributed by atoms with E-state index in [1.807, 2.05) is 0 Å². The van der Waals surface area contributed by atoms with Crippen LogP contribution in [0.15, 0.2) is 18.2 Å². The van der Waals surface area contributed by atoms with Crippen LogP contribution >= 0.6 is 11.3 Å². The number of nitrogens with zero attached hydrogens (tertiary/aromatic N) is 2. The summed E-state index contributed by atoms with van der Waals surface area (Å²) in [5, 5.41) is 3.57. The lowest BCUT2D eigenvalue weighted by Crippen LogP contribution is -2.21. The second-order valence-electron chi connectivity index (χ2n) is 6.03. The summed E-state index contributed by atoms with van der Waals surface area (Å²) in [6.07, 6.45) is -1.35. The van der Waals surface area contributed by atoms with Crippen LogP contribution in [0.2, 0.25) is 0 Å². The van der Waals surface area contributed by atoms with Crippen LogP contribution in [-0.4, -0.2) is 35.3 Å². The van der Waals surface area contributed by atoms with E-state index in [4.69, 9.17) is 10.5 Å². The van der Waals surface area contributed by atoms with Gasteiger partial charge in [-0.15, -0.1) is 11.3 Å². The van der Waals surface area contributed by atoms with Gasteiger partial charge >= 0.3 is 0 Å². The molecule has 1 amide bonds. The molecule has 0 aliphatic rings. The Morgan fingerprint density at radius 2 is 2.00 bits per heavy atom. The number of nitrogens with one attached hydrogen (secondary N) is 1. The summed E-state index contributed by atoms with van der Waals surface area (Å²) in [6, 6.07) is 3.58. The van der Waals surface area contributed by atoms with Crippen molar-refractivity contribution >= 4 is 39.0 Å². The summed E-state index contributed by atoms with van der Waals surface area (Å²) in [5.41, 5.74) is 6.28. The number of carbonyl (C=O) groups excluding carboxylic acids is 1. The zero-order chi connectivity index (χ0) is 20.4. The zero-order valence-electron chi connectivity index (χ0n) is 15.1. The Labute approximate surface area is 162 Å². The fraction of sp³-hybridized carbons (Fsp3) is 0.278. The average molecular weight is 410 g/mol. The van der Waals surface area contributed by atoms with Crippen molar-refractivity contribution in [1.82, 2.24) is 9.97 Å². The van der Waals surface area contributed by atoms with Gasteiger partial charge in [0.05, 0.1) is 16.0 Å². The summed E-state index contributed by atoms with van der Waals surface area (Å²) in [5.74, 6) is -0.486. The Bertz CT molecular complexity index is 1040. The van der Waals surface area contributed by atoms with Gasteiger partial charge in [-0.3, -0.25) is 4.79 Å². The van der Waals surface area contributed by atoms with Crippen LogP contribution in [0.1, 0.15) is 21.1 Å². The molecule has 0 aliphatic carbocycles. The molecule has 3 aromatic rings. The molecular formula is C18H17F3N4O2S. The average Bonchev–Trinajstić information content (AvgIpc) is 2.98. The molecular weight excluding hydrogens is 393 g/mol. The number of amides is 1. The summed E-state index contributed by atoms with van der Waals surface area (Å²) in [4.78, 5) is 21.2. The first-order valence-corrected chi connectivity index (χ1v) is 9.08. The molecule has 0 spiro atoms. The summed E-state index contributed by atoms with van der Waals surface area (Å²) in [6.45, 7) is 1.27. The molecule has 0 aliphatic heterocycles. The van der Waals surface area contributed by atoms with Crippen molar-refractivity contribution in [3.8, 4) is 5.75 Å². The number of hydrogen-bond donors (Lipinski definition) is 2. The van der Waals surface area contributed by atoms with Gasteiger partial charge in [0.15, 0.2) is 6.10 Å². The predicted molar refractivity (Wildman–Crippen MR) is 101 cm³/mol. The minimum absolute atomic E-state index is 0.0623. The summed E-state index contributed by atoms with van der Waals surface area (Å²) in [7, 11) is 0. The number of halogens is 3. The minimum atomic E-state index is -1.35. The van der Waals surface area contributed by atoms with Gasteiger partial charge in [-0.25, -0.2) is 23.1 Å². The fourth-order valence-corrected chi connectivity index (χ4v) is 3.76. The molecule has 148 valence electrons. The maximum absolute atomic E-state index is 13.6. The second-order valence-corrected chi connectivity index (χ2v) is 7.03. The molecule has 0 unspecified atom stereocenters. The number of nitrogens with two attached hydrogens (primary N) is 1. The standard InChI is InChI=1S/C18H17F3N4O2S/c1-8-14-17(23-9(2)24-18(14)28-15(8)16(22)26)25-12-4-3-10(21)5-13(12)27-11(6-19)7-20/h3-5,11H,6-7H2,1-2H3,(H2,22,26)(H,23,24,25). The van der Waals surface area contributed by atoms with Gasteiger partial charge in [0.25, 0.3) is 5.91 Å². The third kappa shape index (κ3) is 3.86. The maximum Gasteiger partial charge on any atom is 0.259 e. The van der Waals surface area contributed by atoms with E-state index in [0.717, 1.165) is 17.4 Å². The van der Waals surface area contributed by atoms with E-state index in [1.54, 1.807) is 13.8 Å². The SMILES string of the molecule is Cc1nc(Nc2ccc(F)cc2OC(CF)CF)c2c(C)c(C(N)=O)sc2n1. The number of hydrogen-bond acceptors (Lipinski definition) is 6. The van der Waals surface area contributed by atoms with Gasteiger partial charge < -0.3 is 15.8 Å². The van der Waals surface area contributed by atoms with E-state index in [0.29, 0.717) is 32.3 Å². The molecule has 0 saturated carbocycles. The van der Waals surface area contributed by atoms with Crippen molar-refractivity contribution in [3.05, 3.63) is 40.3 Å². The van der Waals surface area contributed by atoms with Crippen LogP contribution in [0.4, 0.5) is 24.7 Å². The first kappa shape index (κ1) is 19.9. The minimum Gasteiger partial charge on any atom is -0.483 e. The van der Waals surface area contributed by atoms with Crippen LogP contribution in [0, 0.1) is 19.7 Å². The molecule has 3 rings (SSSR count). The quantitative estimate of drug-likeness (QED) is 0.615. The molecule has 0 radical (unpaired) electrons. The molecule has 2 heterocycles. The Morgan fingerprint density at radius 3 is 2.64 bits per heavy atom. The number of fused-ring (bicyclic) bond motifs is 1. The van der Waals surface area contributed by atoms with Gasteiger partial charge in [-0.2, -0.15) is 0 Å². The molecule has 1 aromatic carbocycles. The van der Waals surface area contributed by atoms with Crippen LogP contribution in [0.25, 0.3) is 10.2 Å². The van der Waals surface area contributed by atoms with E-state index in [2.05, 4.69) is 15.3 Å². The predicted octanol–water partition coefficient (Wildman–Crippen LogP) is 3.98. The first-order chi connectivity index (χ1) is 13.3. The van der Waals surface area contributed by atoms with Crippen LogP contribution < -0.4 is 15.8 Å². The molecule has 0 saturated heterocycles. The van der Waals surface area contributed by atoms with E-state index in [9.17, 15) is 18.0 Å². The highest BCUT2D eigenvalue weighted by atomic mass is 32.1. The van der Waals surface area contributed by atoms with Crippen LogP contribution in [0.5, 0.6) is 5.75 Å². The molecule has 10 heteroatoms. The molecule has 28 heavy (non-hydrogen) atoms. The topological polar surface area (TPSA) is 90.1 Å². The summed E-state index contributed by atoms with van der Waals surface area (Å²) >= 11 is 1.14. The second kappa shape index (κ2) is 8.01. The molecule has 6 nitrogen and oxygen atoms in total. The van der Waals surface area contributed by atoms with Crippen LogP contribution in [0.3, 0.4) is 0 Å². The third-order valence-electron chi connectivity index (χ3n) is 3.96. The van der Waals surface area contributed by atoms with Crippen molar-refractivity contribution in [3.63, 3.8) is 0 Å². The maximum atomic E-state index is 13.6. The molecule has 0 fully saturated rings. The summed E-state index contributed by atoms with van der Waals surface area (Å²) < 4.78 is 44.6. The Kier molecular flexibility index (Phi) is 5.68. The number of anilines is 2. The lowest BCUT2D eigenvalue weighted by Gasteiger charge is -2.17.